The summed E-state index contributed by atoms with van der Waals surface area (Å²) in [4.78, 5) is 18.4. The Hall–Kier alpha value is -1.92. The van der Waals surface area contributed by atoms with Crippen LogP contribution in [0.2, 0.25) is 0 Å². The molecule has 0 amide bonds. The van der Waals surface area contributed by atoms with Crippen molar-refractivity contribution in [3.8, 4) is 5.75 Å². The zero-order valence-corrected chi connectivity index (χ0v) is 12.9. The second-order valence-electron chi connectivity index (χ2n) is 4.78. The largest absolute Gasteiger partial charge is 0.492 e. The molecule has 2 rings (SSSR count). The van der Waals surface area contributed by atoms with Crippen molar-refractivity contribution in [3.63, 3.8) is 0 Å². The van der Waals surface area contributed by atoms with Crippen LogP contribution in [0.4, 0.5) is 0 Å². The van der Waals surface area contributed by atoms with Gasteiger partial charge in [-0.25, -0.2) is 9.78 Å². The Morgan fingerprint density at radius 1 is 1.38 bits per heavy atom. The van der Waals surface area contributed by atoms with Crippen LogP contribution < -0.4 is 4.74 Å². The van der Waals surface area contributed by atoms with E-state index in [4.69, 9.17) is 9.84 Å². The topological polar surface area (TPSA) is 62.7 Å². The van der Waals surface area contributed by atoms with E-state index in [0.717, 1.165) is 18.8 Å². The number of hydrogen-bond acceptors (Lipinski definition) is 5. The van der Waals surface area contributed by atoms with E-state index in [1.54, 1.807) is 35.6 Å². The van der Waals surface area contributed by atoms with Crippen LogP contribution in [0.25, 0.3) is 0 Å². The summed E-state index contributed by atoms with van der Waals surface area (Å²) < 4.78 is 5.61. The number of likely N-dealkylation sites (N-methyl/N-ethyl adjacent to an activating group) is 1. The minimum atomic E-state index is -0.929. The Bertz CT molecular complexity index is 595. The molecule has 0 bridgehead atoms. The second-order valence-corrected chi connectivity index (χ2v) is 5.72. The van der Waals surface area contributed by atoms with E-state index in [1.165, 1.54) is 4.88 Å². The molecule has 21 heavy (non-hydrogen) atoms. The Labute approximate surface area is 127 Å². The fraction of sp³-hybridized carbons (Fsp3) is 0.333. The molecule has 0 saturated heterocycles. The first kappa shape index (κ1) is 15.5. The van der Waals surface area contributed by atoms with Crippen molar-refractivity contribution in [2.24, 2.45) is 0 Å². The molecule has 0 aliphatic carbocycles. The van der Waals surface area contributed by atoms with Gasteiger partial charge in [0.2, 0.25) is 0 Å². The van der Waals surface area contributed by atoms with Crippen molar-refractivity contribution < 1.29 is 14.6 Å². The molecule has 0 fully saturated rings. The molecule has 2 aromatic rings. The average molecular weight is 306 g/mol. The Balaban J connectivity index is 1.76. The van der Waals surface area contributed by atoms with Gasteiger partial charge in [-0.05, 0) is 38.2 Å². The average Bonchev–Trinajstić information content (AvgIpc) is 2.85. The first-order chi connectivity index (χ1) is 10.1. The Morgan fingerprint density at radius 2 is 2.10 bits per heavy atom. The predicted molar refractivity (Wildman–Crippen MR) is 82.1 cm³/mol. The van der Waals surface area contributed by atoms with Gasteiger partial charge in [-0.3, -0.25) is 4.90 Å². The lowest BCUT2D eigenvalue weighted by Crippen LogP contribution is -2.23. The normalized spacial score (nSPS) is 10.8. The number of aromatic carboxylic acids is 1. The molecule has 1 aromatic heterocycles. The van der Waals surface area contributed by atoms with Gasteiger partial charge in [-0.2, -0.15) is 0 Å². The van der Waals surface area contributed by atoms with Crippen molar-refractivity contribution >= 4 is 17.3 Å². The number of rotatable bonds is 7. The summed E-state index contributed by atoms with van der Waals surface area (Å²) >= 11 is 1.66. The second kappa shape index (κ2) is 7.19. The summed E-state index contributed by atoms with van der Waals surface area (Å²) in [5.41, 5.74) is 3.20. The number of aryl methyl sites for hydroxylation is 1. The van der Waals surface area contributed by atoms with Crippen LogP contribution in [0.3, 0.4) is 0 Å². The van der Waals surface area contributed by atoms with Crippen molar-refractivity contribution in [1.82, 2.24) is 9.88 Å². The molecule has 0 unspecified atom stereocenters. The number of carbonyl (C=O) groups is 1. The SMILES string of the molecule is Cc1ncsc1CN(C)CCOc1ccc(C(=O)O)cc1. The molecule has 0 aliphatic rings. The smallest absolute Gasteiger partial charge is 0.335 e. The van der Waals surface area contributed by atoms with E-state index < -0.39 is 5.97 Å². The molecule has 112 valence electrons. The van der Waals surface area contributed by atoms with Gasteiger partial charge in [-0.15, -0.1) is 11.3 Å². The maximum atomic E-state index is 10.7. The number of benzene rings is 1. The quantitative estimate of drug-likeness (QED) is 0.852. The summed E-state index contributed by atoms with van der Waals surface area (Å²) in [5.74, 6) is -0.247. The third-order valence-corrected chi connectivity index (χ3v) is 4.02. The number of thiazole rings is 1. The third kappa shape index (κ3) is 4.54. The molecule has 1 N–H and O–H groups in total. The summed E-state index contributed by atoms with van der Waals surface area (Å²) in [7, 11) is 2.04. The van der Waals surface area contributed by atoms with Crippen LogP contribution in [-0.4, -0.2) is 41.2 Å². The molecule has 5 nitrogen and oxygen atoms in total. The minimum absolute atomic E-state index is 0.264. The summed E-state index contributed by atoms with van der Waals surface area (Å²) in [5, 5.41) is 8.82. The van der Waals surface area contributed by atoms with E-state index in [0.29, 0.717) is 12.4 Å². The summed E-state index contributed by atoms with van der Waals surface area (Å²) in [6, 6.07) is 6.44. The lowest BCUT2D eigenvalue weighted by molar-refractivity contribution is 0.0697. The third-order valence-electron chi connectivity index (χ3n) is 3.10. The number of hydrogen-bond donors (Lipinski definition) is 1. The summed E-state index contributed by atoms with van der Waals surface area (Å²) in [6.45, 7) is 4.22. The van der Waals surface area contributed by atoms with Crippen molar-refractivity contribution in [3.05, 3.63) is 45.9 Å². The number of aromatic nitrogens is 1. The van der Waals surface area contributed by atoms with Crippen molar-refractivity contribution in [2.75, 3.05) is 20.2 Å². The van der Waals surface area contributed by atoms with E-state index in [-0.39, 0.29) is 5.56 Å². The van der Waals surface area contributed by atoms with Crippen molar-refractivity contribution in [2.45, 2.75) is 13.5 Å². The first-order valence-corrected chi connectivity index (χ1v) is 7.48. The van der Waals surface area contributed by atoms with E-state index >= 15 is 0 Å². The van der Waals surface area contributed by atoms with Gasteiger partial charge in [0, 0.05) is 18.0 Å². The van der Waals surface area contributed by atoms with Crippen LogP contribution in [0, 0.1) is 6.92 Å². The fourth-order valence-electron chi connectivity index (χ4n) is 1.82. The number of nitrogens with zero attached hydrogens (tertiary/aromatic N) is 2. The standard InChI is InChI=1S/C15H18N2O3S/c1-11-14(21-10-16-11)9-17(2)7-8-20-13-5-3-12(4-6-13)15(18)19/h3-6,10H,7-9H2,1-2H3,(H,18,19). The highest BCUT2D eigenvalue weighted by atomic mass is 32.1. The molecular formula is C15H18N2O3S. The first-order valence-electron chi connectivity index (χ1n) is 6.60. The Kier molecular flexibility index (Phi) is 5.30. The number of carboxylic acid groups (broad SMARTS) is 1. The highest BCUT2D eigenvalue weighted by molar-refractivity contribution is 7.09. The predicted octanol–water partition coefficient (Wildman–Crippen LogP) is 2.66. The number of ether oxygens (including phenoxy) is 1. The highest BCUT2D eigenvalue weighted by Crippen LogP contribution is 2.15. The van der Waals surface area contributed by atoms with Gasteiger partial charge in [0.05, 0.1) is 16.8 Å². The maximum absolute atomic E-state index is 10.7. The van der Waals surface area contributed by atoms with E-state index in [2.05, 4.69) is 9.88 Å². The zero-order valence-electron chi connectivity index (χ0n) is 12.1. The van der Waals surface area contributed by atoms with Gasteiger partial charge < -0.3 is 9.84 Å². The summed E-state index contributed by atoms with van der Waals surface area (Å²) in [6.07, 6.45) is 0. The molecule has 0 saturated carbocycles. The van der Waals surface area contributed by atoms with Crippen LogP contribution in [0.1, 0.15) is 20.9 Å². The number of carboxylic acids is 1. The van der Waals surface area contributed by atoms with E-state index in [1.807, 2.05) is 19.5 Å². The van der Waals surface area contributed by atoms with Crippen LogP contribution >= 0.6 is 11.3 Å². The molecule has 6 heteroatoms. The van der Waals surface area contributed by atoms with E-state index in [9.17, 15) is 4.79 Å². The molecule has 0 radical (unpaired) electrons. The van der Waals surface area contributed by atoms with Gasteiger partial charge in [0.25, 0.3) is 0 Å². The monoisotopic (exact) mass is 306 g/mol. The molecule has 1 aromatic carbocycles. The van der Waals surface area contributed by atoms with Crippen LogP contribution in [-0.2, 0) is 6.54 Å². The lowest BCUT2D eigenvalue weighted by Gasteiger charge is -2.16. The fourth-order valence-corrected chi connectivity index (χ4v) is 2.67. The van der Waals surface area contributed by atoms with Gasteiger partial charge in [0.15, 0.2) is 0 Å². The Morgan fingerprint density at radius 3 is 2.67 bits per heavy atom. The maximum Gasteiger partial charge on any atom is 0.335 e. The van der Waals surface area contributed by atoms with Crippen LogP contribution in [0.5, 0.6) is 5.75 Å². The van der Waals surface area contributed by atoms with Crippen molar-refractivity contribution in [1.29, 1.82) is 0 Å². The van der Waals surface area contributed by atoms with Crippen LogP contribution in [0.15, 0.2) is 29.8 Å². The molecular weight excluding hydrogens is 288 g/mol. The highest BCUT2D eigenvalue weighted by Gasteiger charge is 2.06. The van der Waals surface area contributed by atoms with Gasteiger partial charge in [0.1, 0.15) is 12.4 Å². The molecule has 0 spiro atoms. The zero-order chi connectivity index (χ0) is 15.2. The van der Waals surface area contributed by atoms with Gasteiger partial charge >= 0.3 is 5.97 Å². The minimum Gasteiger partial charge on any atom is -0.492 e. The van der Waals surface area contributed by atoms with Gasteiger partial charge in [-0.1, -0.05) is 0 Å². The molecule has 1 heterocycles. The molecule has 0 atom stereocenters. The molecule has 0 aliphatic heterocycles. The lowest BCUT2D eigenvalue weighted by atomic mass is 10.2.